The molecule has 0 radical (unpaired) electrons. The van der Waals surface area contributed by atoms with Gasteiger partial charge in [0.1, 0.15) is 6.10 Å². The lowest BCUT2D eigenvalue weighted by atomic mass is 9.99. The molecule has 3 nitrogen and oxygen atoms in total. The zero-order chi connectivity index (χ0) is 14.9. The Hall–Kier alpha value is -1.53. The maximum Gasteiger partial charge on any atom is 0.416 e. The second kappa shape index (κ2) is 5.46. The molecule has 2 aromatic rings. The van der Waals surface area contributed by atoms with E-state index in [0.717, 1.165) is 6.07 Å². The Kier molecular flexibility index (Phi) is 4.06. The zero-order valence-electron chi connectivity index (χ0n) is 10.5. The summed E-state index contributed by atoms with van der Waals surface area (Å²) in [6, 6.07) is 4.88. The van der Waals surface area contributed by atoms with Gasteiger partial charge in [0.2, 0.25) is 0 Å². The molecule has 0 aliphatic heterocycles. The predicted octanol–water partition coefficient (Wildman–Crippen LogP) is 3.66. The molecule has 0 fully saturated rings. The number of aliphatic hydroxyl groups is 1. The van der Waals surface area contributed by atoms with Gasteiger partial charge in [0, 0.05) is 6.54 Å². The first-order chi connectivity index (χ1) is 9.36. The lowest BCUT2D eigenvalue weighted by Gasteiger charge is -2.18. The maximum absolute atomic E-state index is 13.0. The molecule has 1 atom stereocenters. The van der Waals surface area contributed by atoms with Crippen molar-refractivity contribution in [3.63, 3.8) is 0 Å². The fourth-order valence-electron chi connectivity index (χ4n) is 2.04. The number of alkyl halides is 3. The van der Waals surface area contributed by atoms with Gasteiger partial charge in [-0.25, -0.2) is 0 Å². The minimum atomic E-state index is -4.54. The highest BCUT2D eigenvalue weighted by atomic mass is 35.5. The van der Waals surface area contributed by atoms with Crippen molar-refractivity contribution in [2.24, 2.45) is 0 Å². The molecule has 1 N–H and O–H groups in total. The average Bonchev–Trinajstić information content (AvgIpc) is 2.78. The molecule has 1 aromatic heterocycles. The van der Waals surface area contributed by atoms with E-state index in [2.05, 4.69) is 5.10 Å². The van der Waals surface area contributed by atoms with Crippen LogP contribution in [0.5, 0.6) is 0 Å². The number of halogens is 4. The van der Waals surface area contributed by atoms with Crippen molar-refractivity contribution in [1.82, 2.24) is 9.78 Å². The van der Waals surface area contributed by atoms with Crippen LogP contribution < -0.4 is 0 Å². The first-order valence-corrected chi connectivity index (χ1v) is 6.29. The summed E-state index contributed by atoms with van der Waals surface area (Å²) in [7, 11) is 0. The summed E-state index contributed by atoms with van der Waals surface area (Å²) in [5, 5.41) is 14.3. The molecule has 0 amide bonds. The van der Waals surface area contributed by atoms with Gasteiger partial charge >= 0.3 is 6.18 Å². The van der Waals surface area contributed by atoms with E-state index in [1.807, 2.05) is 0 Å². The van der Waals surface area contributed by atoms with E-state index >= 15 is 0 Å². The smallest absolute Gasteiger partial charge is 0.382 e. The van der Waals surface area contributed by atoms with Crippen LogP contribution in [-0.2, 0) is 12.7 Å². The first-order valence-electron chi connectivity index (χ1n) is 5.91. The fraction of sp³-hybridized carbons (Fsp3) is 0.308. The van der Waals surface area contributed by atoms with Crippen molar-refractivity contribution in [2.45, 2.75) is 25.7 Å². The predicted molar refractivity (Wildman–Crippen MR) is 68.4 cm³/mol. The molecule has 0 saturated heterocycles. The average molecular weight is 305 g/mol. The largest absolute Gasteiger partial charge is 0.416 e. The van der Waals surface area contributed by atoms with Gasteiger partial charge in [-0.15, -0.1) is 0 Å². The molecule has 1 unspecified atom stereocenters. The molecule has 20 heavy (non-hydrogen) atoms. The molecule has 2 rings (SSSR count). The third-order valence-electron chi connectivity index (χ3n) is 2.95. The van der Waals surface area contributed by atoms with Crippen LogP contribution in [0.2, 0.25) is 5.02 Å². The highest BCUT2D eigenvalue weighted by molar-refractivity contribution is 6.31. The normalized spacial score (nSPS) is 13.5. The Balaban J connectivity index is 2.54. The van der Waals surface area contributed by atoms with E-state index in [1.54, 1.807) is 6.92 Å². The van der Waals surface area contributed by atoms with Crippen molar-refractivity contribution in [3.8, 4) is 0 Å². The monoisotopic (exact) mass is 304 g/mol. The highest BCUT2D eigenvalue weighted by Crippen LogP contribution is 2.37. The Morgan fingerprint density at radius 3 is 2.60 bits per heavy atom. The number of benzene rings is 1. The number of aryl methyl sites for hydroxylation is 1. The van der Waals surface area contributed by atoms with E-state index < -0.39 is 17.8 Å². The van der Waals surface area contributed by atoms with E-state index in [0.29, 0.717) is 6.54 Å². The lowest BCUT2D eigenvalue weighted by molar-refractivity contribution is -0.139. The molecular formula is C13H12ClF3N2O. The Morgan fingerprint density at radius 2 is 2.00 bits per heavy atom. The molecule has 0 saturated carbocycles. The summed E-state index contributed by atoms with van der Waals surface area (Å²) in [5.41, 5.74) is -0.963. The molecule has 1 heterocycles. The van der Waals surface area contributed by atoms with Gasteiger partial charge in [0.25, 0.3) is 0 Å². The molecule has 0 bridgehead atoms. The van der Waals surface area contributed by atoms with Crippen LogP contribution in [0.25, 0.3) is 0 Å². The van der Waals surface area contributed by atoms with Gasteiger partial charge in [-0.2, -0.15) is 18.3 Å². The van der Waals surface area contributed by atoms with Crippen LogP contribution >= 0.6 is 11.6 Å². The van der Waals surface area contributed by atoms with Crippen LogP contribution in [0.4, 0.5) is 13.2 Å². The van der Waals surface area contributed by atoms with Crippen molar-refractivity contribution < 1.29 is 18.3 Å². The number of nitrogens with zero attached hydrogens (tertiary/aromatic N) is 2. The zero-order valence-corrected chi connectivity index (χ0v) is 11.3. The van der Waals surface area contributed by atoms with Crippen LogP contribution in [0.3, 0.4) is 0 Å². The van der Waals surface area contributed by atoms with Gasteiger partial charge in [0.05, 0.1) is 22.5 Å². The van der Waals surface area contributed by atoms with Gasteiger partial charge in [-0.3, -0.25) is 4.68 Å². The second-order valence-electron chi connectivity index (χ2n) is 4.18. The van der Waals surface area contributed by atoms with Crippen molar-refractivity contribution >= 4 is 11.6 Å². The molecule has 0 spiro atoms. The Labute approximate surface area is 118 Å². The molecule has 0 aliphatic rings. The summed E-state index contributed by atoms with van der Waals surface area (Å²) in [4.78, 5) is 0. The van der Waals surface area contributed by atoms with Gasteiger partial charge in [-0.1, -0.05) is 29.8 Å². The molecular weight excluding hydrogens is 293 g/mol. The molecule has 1 aromatic carbocycles. The summed E-state index contributed by atoms with van der Waals surface area (Å²) >= 11 is 5.91. The topological polar surface area (TPSA) is 38.0 Å². The summed E-state index contributed by atoms with van der Waals surface area (Å²) < 4.78 is 40.3. The number of rotatable bonds is 3. The van der Waals surface area contributed by atoms with Gasteiger partial charge in [0.15, 0.2) is 0 Å². The van der Waals surface area contributed by atoms with Crippen LogP contribution in [0.1, 0.15) is 29.8 Å². The minimum absolute atomic E-state index is 0.135. The molecule has 0 aliphatic carbocycles. The number of hydrogen-bond acceptors (Lipinski definition) is 2. The van der Waals surface area contributed by atoms with Crippen molar-refractivity contribution in [2.75, 3.05) is 0 Å². The summed E-state index contributed by atoms with van der Waals surface area (Å²) in [6.07, 6.45) is -4.72. The fourth-order valence-corrected chi connectivity index (χ4v) is 2.28. The second-order valence-corrected chi connectivity index (χ2v) is 4.59. The third-order valence-corrected chi connectivity index (χ3v) is 3.24. The summed E-state index contributed by atoms with van der Waals surface area (Å²) in [6.45, 7) is 2.16. The highest BCUT2D eigenvalue weighted by Gasteiger charge is 2.36. The van der Waals surface area contributed by atoms with Crippen molar-refractivity contribution in [3.05, 3.63) is 52.3 Å². The van der Waals surface area contributed by atoms with Gasteiger partial charge in [-0.05, 0) is 18.6 Å². The molecule has 7 heteroatoms. The first kappa shape index (κ1) is 14.9. The molecule has 108 valence electrons. The van der Waals surface area contributed by atoms with E-state index in [-0.39, 0.29) is 16.3 Å². The Bertz CT molecular complexity index is 610. The third kappa shape index (κ3) is 2.66. The summed E-state index contributed by atoms with van der Waals surface area (Å²) in [5.74, 6) is 0. The standard InChI is InChI=1S/C13H12ClF3N2O/c1-2-19-11(10(14)7-18-19)12(20)8-5-3-4-6-9(8)13(15,16)17/h3-7,12,20H,2H2,1H3. The van der Waals surface area contributed by atoms with Crippen LogP contribution in [-0.4, -0.2) is 14.9 Å². The van der Waals surface area contributed by atoms with E-state index in [1.165, 1.54) is 29.1 Å². The number of hydrogen-bond donors (Lipinski definition) is 1. The SMILES string of the molecule is CCn1ncc(Cl)c1C(O)c1ccccc1C(F)(F)F. The van der Waals surface area contributed by atoms with Gasteiger partial charge < -0.3 is 5.11 Å². The van der Waals surface area contributed by atoms with E-state index in [9.17, 15) is 18.3 Å². The Morgan fingerprint density at radius 1 is 1.35 bits per heavy atom. The van der Waals surface area contributed by atoms with Crippen LogP contribution in [0, 0.1) is 0 Å². The maximum atomic E-state index is 13.0. The lowest BCUT2D eigenvalue weighted by Crippen LogP contribution is -2.15. The number of aliphatic hydroxyl groups excluding tert-OH is 1. The quantitative estimate of drug-likeness (QED) is 0.940. The minimum Gasteiger partial charge on any atom is -0.382 e. The van der Waals surface area contributed by atoms with Crippen molar-refractivity contribution in [1.29, 1.82) is 0 Å². The van der Waals surface area contributed by atoms with E-state index in [4.69, 9.17) is 11.6 Å². The van der Waals surface area contributed by atoms with Crippen LogP contribution in [0.15, 0.2) is 30.5 Å². The number of aromatic nitrogens is 2.